The van der Waals surface area contributed by atoms with E-state index in [1.54, 1.807) is 0 Å². The number of amides is 2. The molecule has 1 saturated heterocycles. The van der Waals surface area contributed by atoms with Crippen LogP contribution in [0.2, 0.25) is 0 Å². The lowest BCUT2D eigenvalue weighted by Crippen LogP contribution is -2.39. The summed E-state index contributed by atoms with van der Waals surface area (Å²) in [7, 11) is 0. The second-order valence-electron chi connectivity index (χ2n) is 8.94. The fourth-order valence-corrected chi connectivity index (χ4v) is 5.33. The highest BCUT2D eigenvalue weighted by Gasteiger charge is 2.28. The van der Waals surface area contributed by atoms with Gasteiger partial charge >= 0.3 is 0 Å². The molecule has 4 rings (SSSR count). The van der Waals surface area contributed by atoms with E-state index in [9.17, 15) is 9.59 Å². The van der Waals surface area contributed by atoms with Gasteiger partial charge in [0.2, 0.25) is 5.91 Å². The molecule has 6 heteroatoms. The van der Waals surface area contributed by atoms with E-state index in [2.05, 4.69) is 41.5 Å². The van der Waals surface area contributed by atoms with Crippen molar-refractivity contribution >= 4 is 23.2 Å². The standard InChI is InChI=1S/C27H31N3O2S/c1-18-9-11-23(12-10-18)26-29-20(3)25(33-26)27(32)30-15-13-21(14-16-30)17-24(31)28-19(2)22-7-5-4-6-8-22/h4-12,19,21H,13-17H2,1-3H3,(H,28,31)/t19-/m1/s1. The summed E-state index contributed by atoms with van der Waals surface area (Å²) < 4.78 is 0. The van der Waals surface area contributed by atoms with Gasteiger partial charge in [0, 0.05) is 25.1 Å². The van der Waals surface area contributed by atoms with Crippen LogP contribution in [0.15, 0.2) is 54.6 Å². The second kappa shape index (κ2) is 10.3. The van der Waals surface area contributed by atoms with Crippen LogP contribution in [0.3, 0.4) is 0 Å². The normalized spacial score (nSPS) is 15.3. The molecule has 0 unspecified atom stereocenters. The average molecular weight is 462 g/mol. The Labute approximate surface area is 199 Å². The largest absolute Gasteiger partial charge is 0.350 e. The van der Waals surface area contributed by atoms with Crippen LogP contribution in [0.25, 0.3) is 10.6 Å². The molecule has 172 valence electrons. The summed E-state index contributed by atoms with van der Waals surface area (Å²) in [5, 5.41) is 3.99. The molecule has 2 aromatic carbocycles. The zero-order chi connectivity index (χ0) is 23.4. The average Bonchev–Trinajstić information content (AvgIpc) is 3.21. The van der Waals surface area contributed by atoms with Gasteiger partial charge in [-0.25, -0.2) is 4.98 Å². The van der Waals surface area contributed by atoms with Gasteiger partial charge in [-0.2, -0.15) is 0 Å². The maximum atomic E-state index is 13.2. The summed E-state index contributed by atoms with van der Waals surface area (Å²) in [5.74, 6) is 0.448. The van der Waals surface area contributed by atoms with E-state index in [0.717, 1.165) is 39.5 Å². The van der Waals surface area contributed by atoms with Gasteiger partial charge in [-0.05, 0) is 45.1 Å². The van der Waals surface area contributed by atoms with Gasteiger partial charge in [0.15, 0.2) is 0 Å². The van der Waals surface area contributed by atoms with E-state index in [-0.39, 0.29) is 17.9 Å². The summed E-state index contributed by atoms with van der Waals surface area (Å²) in [4.78, 5) is 33.0. The fourth-order valence-electron chi connectivity index (χ4n) is 4.29. The first-order valence-electron chi connectivity index (χ1n) is 11.6. The smallest absolute Gasteiger partial charge is 0.265 e. The van der Waals surface area contributed by atoms with Crippen LogP contribution in [0.4, 0.5) is 0 Å². The topological polar surface area (TPSA) is 62.3 Å². The molecule has 1 fully saturated rings. The molecule has 2 heterocycles. The number of nitrogens with one attached hydrogen (secondary N) is 1. The maximum Gasteiger partial charge on any atom is 0.265 e. The molecule has 5 nitrogen and oxygen atoms in total. The van der Waals surface area contributed by atoms with Crippen LogP contribution in [-0.4, -0.2) is 34.8 Å². The Hall–Kier alpha value is -2.99. The van der Waals surface area contributed by atoms with Gasteiger partial charge in [0.05, 0.1) is 11.7 Å². The van der Waals surface area contributed by atoms with Crippen molar-refractivity contribution in [2.75, 3.05) is 13.1 Å². The van der Waals surface area contributed by atoms with Crippen molar-refractivity contribution in [2.24, 2.45) is 5.92 Å². The van der Waals surface area contributed by atoms with E-state index in [4.69, 9.17) is 0 Å². The highest BCUT2D eigenvalue weighted by molar-refractivity contribution is 7.17. The van der Waals surface area contributed by atoms with Gasteiger partial charge < -0.3 is 10.2 Å². The number of carbonyl (C=O) groups excluding carboxylic acids is 2. The van der Waals surface area contributed by atoms with E-state index in [0.29, 0.717) is 25.4 Å². The number of aryl methyl sites for hydroxylation is 2. The summed E-state index contributed by atoms with van der Waals surface area (Å²) in [5.41, 5.74) is 4.14. The summed E-state index contributed by atoms with van der Waals surface area (Å²) in [6.45, 7) is 7.34. The lowest BCUT2D eigenvalue weighted by atomic mass is 9.93. The van der Waals surface area contributed by atoms with E-state index < -0.39 is 0 Å². The van der Waals surface area contributed by atoms with Crippen molar-refractivity contribution in [1.29, 1.82) is 0 Å². The Morgan fingerprint density at radius 1 is 1.06 bits per heavy atom. The van der Waals surface area contributed by atoms with Crippen molar-refractivity contribution in [3.8, 4) is 10.6 Å². The third kappa shape index (κ3) is 5.69. The Bertz CT molecular complexity index is 1100. The molecule has 0 radical (unpaired) electrons. The lowest BCUT2D eigenvalue weighted by Gasteiger charge is -2.31. The molecule has 1 atom stereocenters. The van der Waals surface area contributed by atoms with Gasteiger partial charge in [0.25, 0.3) is 5.91 Å². The molecule has 0 spiro atoms. The molecule has 0 saturated carbocycles. The minimum Gasteiger partial charge on any atom is -0.350 e. The number of hydrogen-bond donors (Lipinski definition) is 1. The van der Waals surface area contributed by atoms with Crippen LogP contribution < -0.4 is 5.32 Å². The number of thiazole rings is 1. The van der Waals surface area contributed by atoms with E-state index in [1.807, 2.05) is 49.1 Å². The van der Waals surface area contributed by atoms with Crippen LogP contribution in [0, 0.1) is 19.8 Å². The Morgan fingerprint density at radius 2 is 1.73 bits per heavy atom. The Morgan fingerprint density at radius 3 is 2.39 bits per heavy atom. The van der Waals surface area contributed by atoms with E-state index in [1.165, 1.54) is 16.9 Å². The molecular formula is C27H31N3O2S. The first-order valence-corrected chi connectivity index (χ1v) is 12.4. The van der Waals surface area contributed by atoms with Gasteiger partial charge in [-0.3, -0.25) is 9.59 Å². The highest BCUT2D eigenvalue weighted by atomic mass is 32.1. The Kier molecular flexibility index (Phi) is 7.23. The van der Waals surface area contributed by atoms with Crippen molar-refractivity contribution in [3.63, 3.8) is 0 Å². The van der Waals surface area contributed by atoms with Crippen LogP contribution >= 0.6 is 11.3 Å². The molecule has 3 aromatic rings. The molecule has 33 heavy (non-hydrogen) atoms. The van der Waals surface area contributed by atoms with Crippen molar-refractivity contribution < 1.29 is 9.59 Å². The minimum absolute atomic E-state index is 0.00241. The zero-order valence-corrected chi connectivity index (χ0v) is 20.3. The highest BCUT2D eigenvalue weighted by Crippen LogP contribution is 2.30. The summed E-state index contributed by atoms with van der Waals surface area (Å²) in [6, 6.07) is 18.2. The number of hydrogen-bond acceptors (Lipinski definition) is 4. The van der Waals surface area contributed by atoms with Gasteiger partial charge in [-0.1, -0.05) is 60.2 Å². The van der Waals surface area contributed by atoms with E-state index >= 15 is 0 Å². The summed E-state index contributed by atoms with van der Waals surface area (Å²) >= 11 is 1.47. The Balaban J connectivity index is 1.30. The SMILES string of the molecule is Cc1ccc(-c2nc(C)c(C(=O)N3CCC(CC(=O)N[C@H](C)c4ccccc4)CC3)s2)cc1. The first kappa shape index (κ1) is 23.2. The fraction of sp³-hybridized carbons (Fsp3) is 0.370. The van der Waals surface area contributed by atoms with Crippen molar-refractivity contribution in [3.05, 3.63) is 76.3 Å². The maximum absolute atomic E-state index is 13.2. The molecule has 0 aliphatic carbocycles. The predicted octanol–water partition coefficient (Wildman–Crippen LogP) is 5.55. The molecule has 1 aliphatic rings. The molecule has 0 bridgehead atoms. The molecule has 2 amide bonds. The number of carbonyl (C=O) groups is 2. The molecule has 1 aliphatic heterocycles. The third-order valence-electron chi connectivity index (χ3n) is 6.34. The number of likely N-dealkylation sites (tertiary alicyclic amines) is 1. The zero-order valence-electron chi connectivity index (χ0n) is 19.5. The first-order chi connectivity index (χ1) is 15.9. The van der Waals surface area contributed by atoms with Gasteiger partial charge in [0.1, 0.15) is 9.88 Å². The molecular weight excluding hydrogens is 430 g/mol. The van der Waals surface area contributed by atoms with Gasteiger partial charge in [-0.15, -0.1) is 11.3 Å². The third-order valence-corrected chi connectivity index (χ3v) is 7.54. The van der Waals surface area contributed by atoms with Crippen molar-refractivity contribution in [2.45, 2.75) is 46.1 Å². The lowest BCUT2D eigenvalue weighted by molar-refractivity contribution is -0.122. The number of piperidine rings is 1. The number of nitrogens with zero attached hydrogens (tertiary/aromatic N) is 2. The van der Waals surface area contributed by atoms with Crippen LogP contribution in [0.5, 0.6) is 0 Å². The summed E-state index contributed by atoms with van der Waals surface area (Å²) in [6.07, 6.45) is 2.21. The number of benzene rings is 2. The van der Waals surface area contributed by atoms with Crippen LogP contribution in [0.1, 0.15) is 58.7 Å². The monoisotopic (exact) mass is 461 g/mol. The van der Waals surface area contributed by atoms with Crippen molar-refractivity contribution in [1.82, 2.24) is 15.2 Å². The molecule has 1 aromatic heterocycles. The predicted molar refractivity (Wildman–Crippen MR) is 133 cm³/mol. The second-order valence-corrected chi connectivity index (χ2v) is 9.94. The molecule has 1 N–H and O–H groups in total. The number of rotatable bonds is 6. The number of aromatic nitrogens is 1. The minimum atomic E-state index is -0.00241. The quantitative estimate of drug-likeness (QED) is 0.524. The van der Waals surface area contributed by atoms with Crippen LogP contribution in [-0.2, 0) is 4.79 Å².